The van der Waals surface area contributed by atoms with Crippen LogP contribution in [0.5, 0.6) is 0 Å². The van der Waals surface area contributed by atoms with Crippen molar-refractivity contribution in [1.29, 1.82) is 0 Å². The molecule has 16 heavy (non-hydrogen) atoms. The number of rotatable bonds is 2. The Morgan fingerprint density at radius 3 is 2.25 bits per heavy atom. The van der Waals surface area contributed by atoms with Gasteiger partial charge in [-0.05, 0) is 49.2 Å². The Labute approximate surface area is 106 Å². The van der Waals surface area contributed by atoms with Gasteiger partial charge in [-0.3, -0.25) is 0 Å². The van der Waals surface area contributed by atoms with Gasteiger partial charge in [-0.1, -0.05) is 41.6 Å². The van der Waals surface area contributed by atoms with Gasteiger partial charge in [0.15, 0.2) is 0 Å². The molecule has 2 heteroatoms. The largest absolute Gasteiger partial charge is 0.0895 e. The molecule has 0 nitrogen and oxygen atoms in total. The first-order chi connectivity index (χ1) is 7.66. The van der Waals surface area contributed by atoms with Gasteiger partial charge in [0.05, 0.1) is 0 Å². The summed E-state index contributed by atoms with van der Waals surface area (Å²) >= 11 is 7.73. The van der Waals surface area contributed by atoms with Crippen LogP contribution in [-0.2, 0) is 0 Å². The first-order valence-electron chi connectivity index (χ1n) is 5.16. The third-order valence-corrected chi connectivity index (χ3v) is 4.04. The molecule has 0 bridgehead atoms. The molecule has 0 spiro atoms. The van der Waals surface area contributed by atoms with Crippen LogP contribution >= 0.6 is 23.4 Å². The quantitative estimate of drug-likeness (QED) is 0.712. The zero-order valence-corrected chi connectivity index (χ0v) is 10.9. The standard InChI is InChI=1S/C14H13ClS/c1-10-5-3-4-6-13(10)16-14-8-7-12(15)9-11(14)2/h3-9H,1-2H3. The average molecular weight is 249 g/mol. The SMILES string of the molecule is Cc1ccccc1Sc1ccc(Cl)cc1C. The minimum atomic E-state index is 0.798. The molecule has 2 rings (SSSR count). The summed E-state index contributed by atoms with van der Waals surface area (Å²) in [7, 11) is 0. The highest BCUT2D eigenvalue weighted by atomic mass is 35.5. The molecule has 0 amide bonds. The molecule has 0 saturated carbocycles. The first kappa shape index (κ1) is 11.6. The molecule has 2 aromatic carbocycles. The van der Waals surface area contributed by atoms with Crippen LogP contribution in [-0.4, -0.2) is 0 Å². The fourth-order valence-corrected chi connectivity index (χ4v) is 2.71. The summed E-state index contributed by atoms with van der Waals surface area (Å²) in [6, 6.07) is 14.4. The van der Waals surface area contributed by atoms with Crippen LogP contribution in [0.15, 0.2) is 52.3 Å². The molecule has 0 fully saturated rings. The fraction of sp³-hybridized carbons (Fsp3) is 0.143. The van der Waals surface area contributed by atoms with Gasteiger partial charge in [0, 0.05) is 14.8 Å². The van der Waals surface area contributed by atoms with E-state index in [1.54, 1.807) is 11.8 Å². The molecular formula is C14H13ClS. The maximum Gasteiger partial charge on any atom is 0.0409 e. The minimum Gasteiger partial charge on any atom is -0.0895 e. The van der Waals surface area contributed by atoms with E-state index in [1.165, 1.54) is 20.9 Å². The zero-order chi connectivity index (χ0) is 11.5. The van der Waals surface area contributed by atoms with E-state index >= 15 is 0 Å². The van der Waals surface area contributed by atoms with Crippen molar-refractivity contribution in [3.05, 3.63) is 58.6 Å². The minimum absolute atomic E-state index is 0.798. The second kappa shape index (κ2) is 4.94. The molecule has 0 saturated heterocycles. The Balaban J connectivity index is 2.31. The van der Waals surface area contributed by atoms with Crippen LogP contribution < -0.4 is 0 Å². The number of hydrogen-bond donors (Lipinski definition) is 0. The molecule has 0 aromatic heterocycles. The van der Waals surface area contributed by atoms with Crippen molar-refractivity contribution in [2.45, 2.75) is 23.6 Å². The van der Waals surface area contributed by atoms with Crippen LogP contribution in [0.1, 0.15) is 11.1 Å². The Morgan fingerprint density at radius 2 is 1.56 bits per heavy atom. The van der Waals surface area contributed by atoms with Crippen molar-refractivity contribution in [1.82, 2.24) is 0 Å². The number of benzene rings is 2. The first-order valence-corrected chi connectivity index (χ1v) is 6.36. The van der Waals surface area contributed by atoms with E-state index in [9.17, 15) is 0 Å². The van der Waals surface area contributed by atoms with Crippen LogP contribution in [0.25, 0.3) is 0 Å². The van der Waals surface area contributed by atoms with E-state index in [0.717, 1.165) is 5.02 Å². The van der Waals surface area contributed by atoms with Gasteiger partial charge >= 0.3 is 0 Å². The topological polar surface area (TPSA) is 0 Å². The van der Waals surface area contributed by atoms with Gasteiger partial charge in [0.25, 0.3) is 0 Å². The van der Waals surface area contributed by atoms with Gasteiger partial charge in [-0.15, -0.1) is 0 Å². The molecule has 82 valence electrons. The predicted octanol–water partition coefficient (Wildman–Crippen LogP) is 5.11. The fourth-order valence-electron chi connectivity index (χ4n) is 1.52. The molecule has 0 N–H and O–H groups in total. The lowest BCUT2D eigenvalue weighted by Crippen LogP contribution is -1.82. The Kier molecular flexibility index (Phi) is 3.57. The third kappa shape index (κ3) is 2.60. The van der Waals surface area contributed by atoms with E-state index in [-0.39, 0.29) is 0 Å². The molecule has 0 aliphatic carbocycles. The normalized spacial score (nSPS) is 10.4. The second-order valence-electron chi connectivity index (χ2n) is 3.78. The zero-order valence-electron chi connectivity index (χ0n) is 9.33. The summed E-state index contributed by atoms with van der Waals surface area (Å²) in [5.41, 5.74) is 2.53. The molecular weight excluding hydrogens is 236 g/mol. The van der Waals surface area contributed by atoms with Crippen molar-refractivity contribution in [3.63, 3.8) is 0 Å². The molecule has 0 aliphatic rings. The van der Waals surface area contributed by atoms with Crippen LogP contribution in [0.2, 0.25) is 5.02 Å². The Bertz CT molecular complexity index is 506. The van der Waals surface area contributed by atoms with E-state index in [4.69, 9.17) is 11.6 Å². The highest BCUT2D eigenvalue weighted by Crippen LogP contribution is 2.33. The van der Waals surface area contributed by atoms with Crippen LogP contribution in [0.4, 0.5) is 0 Å². The van der Waals surface area contributed by atoms with Crippen molar-refractivity contribution in [2.75, 3.05) is 0 Å². The molecule has 0 atom stereocenters. The number of hydrogen-bond acceptors (Lipinski definition) is 1. The summed E-state index contributed by atoms with van der Waals surface area (Å²) in [6.07, 6.45) is 0. The summed E-state index contributed by atoms with van der Waals surface area (Å²) in [5, 5.41) is 0.798. The lowest BCUT2D eigenvalue weighted by molar-refractivity contribution is 1.26. The van der Waals surface area contributed by atoms with E-state index in [1.807, 2.05) is 12.1 Å². The molecule has 0 unspecified atom stereocenters. The van der Waals surface area contributed by atoms with Gasteiger partial charge in [0.2, 0.25) is 0 Å². The highest BCUT2D eigenvalue weighted by molar-refractivity contribution is 7.99. The molecule has 0 aliphatic heterocycles. The number of halogens is 1. The van der Waals surface area contributed by atoms with E-state index < -0.39 is 0 Å². The van der Waals surface area contributed by atoms with Crippen molar-refractivity contribution in [2.24, 2.45) is 0 Å². The summed E-state index contributed by atoms with van der Waals surface area (Å²) in [4.78, 5) is 2.56. The van der Waals surface area contributed by atoms with E-state index in [2.05, 4.69) is 44.2 Å². The van der Waals surface area contributed by atoms with Crippen molar-refractivity contribution in [3.8, 4) is 0 Å². The van der Waals surface area contributed by atoms with Gasteiger partial charge < -0.3 is 0 Å². The Hall–Kier alpha value is -0.920. The predicted molar refractivity (Wildman–Crippen MR) is 71.5 cm³/mol. The average Bonchev–Trinajstić information content (AvgIpc) is 2.25. The van der Waals surface area contributed by atoms with Gasteiger partial charge in [-0.25, -0.2) is 0 Å². The maximum absolute atomic E-state index is 5.94. The Morgan fingerprint density at radius 1 is 0.875 bits per heavy atom. The lowest BCUT2D eigenvalue weighted by atomic mass is 10.2. The maximum atomic E-state index is 5.94. The molecule has 0 heterocycles. The van der Waals surface area contributed by atoms with Crippen LogP contribution in [0, 0.1) is 13.8 Å². The van der Waals surface area contributed by atoms with Gasteiger partial charge in [0.1, 0.15) is 0 Å². The van der Waals surface area contributed by atoms with Gasteiger partial charge in [-0.2, -0.15) is 0 Å². The summed E-state index contributed by atoms with van der Waals surface area (Å²) in [6.45, 7) is 4.22. The van der Waals surface area contributed by atoms with Crippen molar-refractivity contribution >= 4 is 23.4 Å². The third-order valence-electron chi connectivity index (χ3n) is 2.45. The molecule has 0 radical (unpaired) electrons. The van der Waals surface area contributed by atoms with E-state index in [0.29, 0.717) is 0 Å². The van der Waals surface area contributed by atoms with Crippen molar-refractivity contribution < 1.29 is 0 Å². The summed E-state index contributed by atoms with van der Waals surface area (Å²) in [5.74, 6) is 0. The van der Waals surface area contributed by atoms with Crippen LogP contribution in [0.3, 0.4) is 0 Å². The smallest absolute Gasteiger partial charge is 0.0409 e. The number of aryl methyl sites for hydroxylation is 2. The molecule has 2 aromatic rings. The summed E-state index contributed by atoms with van der Waals surface area (Å²) < 4.78 is 0. The lowest BCUT2D eigenvalue weighted by Gasteiger charge is -2.08. The monoisotopic (exact) mass is 248 g/mol. The second-order valence-corrected chi connectivity index (χ2v) is 5.30. The highest BCUT2D eigenvalue weighted by Gasteiger charge is 2.03.